The summed E-state index contributed by atoms with van der Waals surface area (Å²) < 4.78 is 37.4. The average Bonchev–Trinajstić information content (AvgIpc) is 2.68. The molecule has 28 heavy (non-hydrogen) atoms. The molecule has 2 aromatic rings. The van der Waals surface area contributed by atoms with Crippen LogP contribution in [0.2, 0.25) is 5.02 Å². The summed E-state index contributed by atoms with van der Waals surface area (Å²) in [5.41, 5.74) is 1.03. The highest BCUT2D eigenvalue weighted by atomic mass is 35.5. The maximum atomic E-state index is 12.5. The molecule has 0 fully saturated rings. The summed E-state index contributed by atoms with van der Waals surface area (Å²) in [5, 5.41) is 2.89. The Labute approximate surface area is 170 Å². The zero-order chi connectivity index (χ0) is 20.7. The molecule has 1 atom stereocenters. The van der Waals surface area contributed by atoms with Crippen molar-refractivity contribution in [2.24, 2.45) is 0 Å². The first-order valence-electron chi connectivity index (χ1n) is 8.53. The molecular formula is C19H23ClN2O5S. The molecule has 0 aliphatic rings. The van der Waals surface area contributed by atoms with Crippen LogP contribution in [-0.4, -0.2) is 41.1 Å². The Kier molecular flexibility index (Phi) is 7.68. The van der Waals surface area contributed by atoms with E-state index in [-0.39, 0.29) is 9.92 Å². The number of nitrogens with one attached hydrogen (secondary N) is 2. The highest BCUT2D eigenvalue weighted by molar-refractivity contribution is 7.89. The second-order valence-electron chi connectivity index (χ2n) is 6.03. The van der Waals surface area contributed by atoms with Gasteiger partial charge >= 0.3 is 0 Å². The van der Waals surface area contributed by atoms with Crippen LogP contribution in [0.15, 0.2) is 47.4 Å². The lowest BCUT2D eigenvalue weighted by atomic mass is 10.1. The van der Waals surface area contributed by atoms with Gasteiger partial charge in [-0.3, -0.25) is 4.79 Å². The number of hydrogen-bond acceptors (Lipinski definition) is 5. The first-order valence-corrected chi connectivity index (χ1v) is 10.4. The molecule has 1 amide bonds. The molecule has 0 saturated heterocycles. The molecule has 0 radical (unpaired) electrons. The summed E-state index contributed by atoms with van der Waals surface area (Å²) in [7, 11) is -0.870. The standard InChI is InChI=1S/C19H23ClN2O5S/c1-13(19(23)21-11-10-14-4-6-15(26-2)7-5-14)22-28(24,25)16-8-9-18(27-3)17(20)12-16/h4-9,12-13,22H,10-11H2,1-3H3,(H,21,23)/t13-/m0/s1. The van der Waals surface area contributed by atoms with Crippen molar-refractivity contribution in [2.45, 2.75) is 24.3 Å². The normalized spacial score (nSPS) is 12.3. The zero-order valence-corrected chi connectivity index (χ0v) is 17.4. The van der Waals surface area contributed by atoms with Crippen LogP contribution in [0.4, 0.5) is 0 Å². The van der Waals surface area contributed by atoms with Crippen molar-refractivity contribution in [3.8, 4) is 11.5 Å². The smallest absolute Gasteiger partial charge is 0.241 e. The fourth-order valence-corrected chi connectivity index (χ4v) is 4.00. The van der Waals surface area contributed by atoms with Gasteiger partial charge < -0.3 is 14.8 Å². The molecule has 0 unspecified atom stereocenters. The number of methoxy groups -OCH3 is 2. The Morgan fingerprint density at radius 1 is 1.11 bits per heavy atom. The average molecular weight is 427 g/mol. The van der Waals surface area contributed by atoms with Gasteiger partial charge in [0, 0.05) is 6.54 Å². The van der Waals surface area contributed by atoms with E-state index in [0.717, 1.165) is 11.3 Å². The second-order valence-corrected chi connectivity index (χ2v) is 8.15. The SMILES string of the molecule is COc1ccc(CCNC(=O)[C@H](C)NS(=O)(=O)c2ccc(OC)c(Cl)c2)cc1. The lowest BCUT2D eigenvalue weighted by Crippen LogP contribution is -2.45. The van der Waals surface area contributed by atoms with Crippen molar-refractivity contribution in [1.82, 2.24) is 10.0 Å². The monoisotopic (exact) mass is 426 g/mol. The fourth-order valence-electron chi connectivity index (χ4n) is 2.44. The van der Waals surface area contributed by atoms with Crippen LogP contribution >= 0.6 is 11.6 Å². The number of amides is 1. The Morgan fingerprint density at radius 3 is 2.36 bits per heavy atom. The van der Waals surface area contributed by atoms with E-state index in [9.17, 15) is 13.2 Å². The van der Waals surface area contributed by atoms with E-state index in [0.29, 0.717) is 18.7 Å². The molecule has 0 aliphatic heterocycles. The topological polar surface area (TPSA) is 93.7 Å². The van der Waals surface area contributed by atoms with Gasteiger partial charge in [0.2, 0.25) is 15.9 Å². The number of carbonyl (C=O) groups excluding carboxylic acids is 1. The number of ether oxygens (including phenoxy) is 2. The zero-order valence-electron chi connectivity index (χ0n) is 15.9. The number of carbonyl (C=O) groups is 1. The summed E-state index contributed by atoms with van der Waals surface area (Å²) in [5.74, 6) is 0.705. The molecule has 2 N–H and O–H groups in total. The van der Waals surface area contributed by atoms with Gasteiger partial charge in [-0.25, -0.2) is 8.42 Å². The summed E-state index contributed by atoms with van der Waals surface area (Å²) in [4.78, 5) is 12.2. The van der Waals surface area contributed by atoms with Crippen molar-refractivity contribution in [2.75, 3.05) is 20.8 Å². The van der Waals surface area contributed by atoms with Crippen molar-refractivity contribution < 1.29 is 22.7 Å². The fraction of sp³-hybridized carbons (Fsp3) is 0.316. The first-order chi connectivity index (χ1) is 13.3. The van der Waals surface area contributed by atoms with Gasteiger partial charge in [0.15, 0.2) is 0 Å². The number of sulfonamides is 1. The van der Waals surface area contributed by atoms with E-state index >= 15 is 0 Å². The summed E-state index contributed by atoms with van der Waals surface area (Å²) in [6.07, 6.45) is 0.614. The van der Waals surface area contributed by atoms with Crippen LogP contribution in [0.5, 0.6) is 11.5 Å². The second kappa shape index (κ2) is 9.77. The molecule has 0 bridgehead atoms. The van der Waals surface area contributed by atoms with Crippen LogP contribution in [0, 0.1) is 0 Å². The highest BCUT2D eigenvalue weighted by Crippen LogP contribution is 2.26. The highest BCUT2D eigenvalue weighted by Gasteiger charge is 2.22. The minimum atomic E-state index is -3.90. The van der Waals surface area contributed by atoms with Gasteiger partial charge in [0.05, 0.1) is 30.2 Å². The van der Waals surface area contributed by atoms with Crippen LogP contribution in [0.1, 0.15) is 12.5 Å². The summed E-state index contributed by atoms with van der Waals surface area (Å²) >= 11 is 5.98. The van der Waals surface area contributed by atoms with E-state index in [2.05, 4.69) is 10.0 Å². The molecule has 2 aromatic carbocycles. The molecule has 0 aliphatic carbocycles. The first kappa shape index (κ1) is 22.0. The van der Waals surface area contributed by atoms with Crippen molar-refractivity contribution in [1.29, 1.82) is 0 Å². The molecule has 9 heteroatoms. The maximum absolute atomic E-state index is 12.5. The van der Waals surface area contributed by atoms with Crippen LogP contribution < -0.4 is 19.5 Å². The minimum Gasteiger partial charge on any atom is -0.497 e. The van der Waals surface area contributed by atoms with E-state index in [1.807, 2.05) is 24.3 Å². The number of benzene rings is 2. The predicted octanol–water partition coefficient (Wildman–Crippen LogP) is 2.38. The van der Waals surface area contributed by atoms with Gasteiger partial charge in [0.25, 0.3) is 0 Å². The number of halogens is 1. The van der Waals surface area contributed by atoms with E-state index in [1.54, 1.807) is 7.11 Å². The molecule has 152 valence electrons. The number of hydrogen-bond donors (Lipinski definition) is 2. The van der Waals surface area contributed by atoms with Gasteiger partial charge in [-0.05, 0) is 49.2 Å². The molecular weight excluding hydrogens is 404 g/mol. The molecule has 0 aromatic heterocycles. The van der Waals surface area contributed by atoms with E-state index in [4.69, 9.17) is 21.1 Å². The van der Waals surface area contributed by atoms with E-state index in [1.165, 1.54) is 32.2 Å². The van der Waals surface area contributed by atoms with Gasteiger partial charge in [-0.15, -0.1) is 0 Å². The summed E-state index contributed by atoms with van der Waals surface area (Å²) in [6.45, 7) is 1.86. The largest absolute Gasteiger partial charge is 0.497 e. The van der Waals surface area contributed by atoms with Crippen molar-refractivity contribution >= 4 is 27.5 Å². The lowest BCUT2D eigenvalue weighted by molar-refractivity contribution is -0.122. The minimum absolute atomic E-state index is 0.0452. The van der Waals surface area contributed by atoms with Crippen LogP contribution in [0.3, 0.4) is 0 Å². The Bertz CT molecular complexity index is 916. The molecule has 0 saturated carbocycles. The van der Waals surface area contributed by atoms with Gasteiger partial charge in [-0.2, -0.15) is 4.72 Å². The molecule has 0 spiro atoms. The van der Waals surface area contributed by atoms with Crippen molar-refractivity contribution in [3.63, 3.8) is 0 Å². The lowest BCUT2D eigenvalue weighted by Gasteiger charge is -2.15. The quantitative estimate of drug-likeness (QED) is 0.642. The number of rotatable bonds is 9. The molecule has 0 heterocycles. The van der Waals surface area contributed by atoms with Crippen LogP contribution in [-0.2, 0) is 21.2 Å². The van der Waals surface area contributed by atoms with Crippen molar-refractivity contribution in [3.05, 3.63) is 53.1 Å². The van der Waals surface area contributed by atoms with Gasteiger partial charge in [0.1, 0.15) is 11.5 Å². The van der Waals surface area contributed by atoms with E-state index < -0.39 is 22.0 Å². The third kappa shape index (κ3) is 5.85. The predicted molar refractivity (Wildman–Crippen MR) is 107 cm³/mol. The summed E-state index contributed by atoms with van der Waals surface area (Å²) in [6, 6.07) is 10.6. The Hall–Kier alpha value is -2.29. The molecule has 7 nitrogen and oxygen atoms in total. The molecule has 2 rings (SSSR count). The van der Waals surface area contributed by atoms with Gasteiger partial charge in [-0.1, -0.05) is 23.7 Å². The maximum Gasteiger partial charge on any atom is 0.241 e. The Balaban J connectivity index is 1.90. The Morgan fingerprint density at radius 2 is 1.79 bits per heavy atom. The third-order valence-corrected chi connectivity index (χ3v) is 5.86. The van der Waals surface area contributed by atoms with Crippen LogP contribution in [0.25, 0.3) is 0 Å². The third-order valence-electron chi connectivity index (χ3n) is 4.03.